The largest absolute Gasteiger partial charge is 0.378 e. The molecule has 0 spiro atoms. The second-order valence-electron chi connectivity index (χ2n) is 4.70. The van der Waals surface area contributed by atoms with E-state index in [1.54, 1.807) is 6.08 Å². The summed E-state index contributed by atoms with van der Waals surface area (Å²) in [6, 6.07) is 0. The lowest BCUT2D eigenvalue weighted by Gasteiger charge is -2.25. The quantitative estimate of drug-likeness (QED) is 0.685. The molecule has 0 aromatic heterocycles. The van der Waals surface area contributed by atoms with Crippen molar-refractivity contribution in [1.82, 2.24) is 4.90 Å². The number of ether oxygens (including phenoxy) is 1. The fourth-order valence-corrected chi connectivity index (χ4v) is 2.43. The molecule has 0 aromatic carbocycles. The van der Waals surface area contributed by atoms with Crippen molar-refractivity contribution >= 4 is 5.78 Å². The summed E-state index contributed by atoms with van der Waals surface area (Å²) >= 11 is 0. The van der Waals surface area contributed by atoms with Crippen molar-refractivity contribution in [2.24, 2.45) is 5.92 Å². The lowest BCUT2D eigenvalue weighted by Crippen LogP contribution is -2.32. The van der Waals surface area contributed by atoms with E-state index in [0.717, 1.165) is 39.1 Å². The Morgan fingerprint density at radius 3 is 2.50 bits per heavy atom. The molecule has 2 fully saturated rings. The standard InChI is InChI=1S/C13H21NO2/c15-13(12-4-2-1-3-5-12)6-7-14-8-10-16-11-9-14/h6-7,12H,1-5,8-11H2/b7-6+. The first-order valence-electron chi connectivity index (χ1n) is 6.40. The van der Waals surface area contributed by atoms with Crippen LogP contribution in [0.5, 0.6) is 0 Å². The van der Waals surface area contributed by atoms with Gasteiger partial charge in [-0.15, -0.1) is 0 Å². The van der Waals surface area contributed by atoms with Crippen molar-refractivity contribution < 1.29 is 9.53 Å². The Morgan fingerprint density at radius 2 is 1.81 bits per heavy atom. The summed E-state index contributed by atoms with van der Waals surface area (Å²) in [4.78, 5) is 14.1. The molecule has 0 radical (unpaired) electrons. The van der Waals surface area contributed by atoms with Crippen LogP contribution in [-0.2, 0) is 9.53 Å². The van der Waals surface area contributed by atoms with Crippen molar-refractivity contribution in [3.8, 4) is 0 Å². The monoisotopic (exact) mass is 223 g/mol. The third-order valence-electron chi connectivity index (χ3n) is 3.50. The van der Waals surface area contributed by atoms with Crippen molar-refractivity contribution in [3.05, 3.63) is 12.3 Å². The normalized spacial score (nSPS) is 23.9. The minimum atomic E-state index is 0.297. The fraction of sp³-hybridized carbons (Fsp3) is 0.769. The van der Waals surface area contributed by atoms with Crippen molar-refractivity contribution in [2.75, 3.05) is 26.3 Å². The number of rotatable bonds is 3. The van der Waals surface area contributed by atoms with Crippen LogP contribution in [0, 0.1) is 5.92 Å². The van der Waals surface area contributed by atoms with Crippen LogP contribution in [0.1, 0.15) is 32.1 Å². The molecule has 1 saturated heterocycles. The molecular weight excluding hydrogens is 202 g/mol. The van der Waals surface area contributed by atoms with Gasteiger partial charge >= 0.3 is 0 Å². The Labute approximate surface area is 97.5 Å². The van der Waals surface area contributed by atoms with Crippen molar-refractivity contribution in [1.29, 1.82) is 0 Å². The average Bonchev–Trinajstić information content (AvgIpc) is 2.38. The lowest BCUT2D eigenvalue weighted by atomic mass is 9.86. The summed E-state index contributed by atoms with van der Waals surface area (Å²) in [5.41, 5.74) is 0. The molecule has 0 N–H and O–H groups in total. The van der Waals surface area contributed by atoms with Gasteiger partial charge in [-0.25, -0.2) is 0 Å². The highest BCUT2D eigenvalue weighted by atomic mass is 16.5. The van der Waals surface area contributed by atoms with E-state index in [4.69, 9.17) is 4.74 Å². The summed E-state index contributed by atoms with van der Waals surface area (Å²) in [7, 11) is 0. The molecule has 2 aliphatic rings. The number of hydrogen-bond acceptors (Lipinski definition) is 3. The number of hydrogen-bond donors (Lipinski definition) is 0. The Balaban J connectivity index is 1.78. The third kappa shape index (κ3) is 3.34. The van der Waals surface area contributed by atoms with Crippen LogP contribution in [-0.4, -0.2) is 37.0 Å². The maximum atomic E-state index is 11.9. The molecule has 90 valence electrons. The number of ketones is 1. The summed E-state index contributed by atoms with van der Waals surface area (Å²) in [5, 5.41) is 0. The highest BCUT2D eigenvalue weighted by Crippen LogP contribution is 2.24. The van der Waals surface area contributed by atoms with Crippen LogP contribution in [0.2, 0.25) is 0 Å². The minimum absolute atomic E-state index is 0.297. The average molecular weight is 223 g/mol. The van der Waals surface area contributed by atoms with Crippen LogP contribution in [0.4, 0.5) is 0 Å². The summed E-state index contributed by atoms with van der Waals surface area (Å²) in [5.74, 6) is 0.622. The third-order valence-corrected chi connectivity index (χ3v) is 3.50. The van der Waals surface area contributed by atoms with Gasteiger partial charge in [0, 0.05) is 25.2 Å². The first-order valence-corrected chi connectivity index (χ1v) is 6.40. The van der Waals surface area contributed by atoms with Gasteiger partial charge < -0.3 is 9.64 Å². The number of allylic oxidation sites excluding steroid dienone is 1. The van der Waals surface area contributed by atoms with Gasteiger partial charge in [0.25, 0.3) is 0 Å². The second-order valence-corrected chi connectivity index (χ2v) is 4.70. The lowest BCUT2D eigenvalue weighted by molar-refractivity contribution is -0.119. The predicted octanol–water partition coefficient (Wildman–Crippen LogP) is 1.98. The highest BCUT2D eigenvalue weighted by Gasteiger charge is 2.19. The molecule has 0 atom stereocenters. The predicted molar refractivity (Wildman–Crippen MR) is 63.1 cm³/mol. The molecule has 16 heavy (non-hydrogen) atoms. The molecule has 1 heterocycles. The first kappa shape index (κ1) is 11.6. The Bertz CT molecular complexity index is 251. The molecule has 1 aliphatic carbocycles. The van der Waals surface area contributed by atoms with Gasteiger partial charge in [0.05, 0.1) is 13.2 Å². The maximum Gasteiger partial charge on any atom is 0.160 e. The molecule has 0 bridgehead atoms. The highest BCUT2D eigenvalue weighted by molar-refractivity contribution is 5.91. The SMILES string of the molecule is O=C(/C=C/N1CCOCC1)C1CCCCC1. The van der Waals surface area contributed by atoms with E-state index in [-0.39, 0.29) is 0 Å². The number of nitrogens with zero attached hydrogens (tertiary/aromatic N) is 1. The van der Waals surface area contributed by atoms with E-state index < -0.39 is 0 Å². The molecular formula is C13H21NO2. The van der Waals surface area contributed by atoms with Gasteiger partial charge in [-0.2, -0.15) is 0 Å². The van der Waals surface area contributed by atoms with Crippen LogP contribution in [0.25, 0.3) is 0 Å². The van der Waals surface area contributed by atoms with Crippen LogP contribution >= 0.6 is 0 Å². The van der Waals surface area contributed by atoms with Crippen LogP contribution in [0.3, 0.4) is 0 Å². The topological polar surface area (TPSA) is 29.5 Å². The van der Waals surface area contributed by atoms with Gasteiger partial charge in [0.15, 0.2) is 5.78 Å². The van der Waals surface area contributed by atoms with Crippen molar-refractivity contribution in [2.45, 2.75) is 32.1 Å². The maximum absolute atomic E-state index is 11.9. The van der Waals surface area contributed by atoms with Crippen LogP contribution < -0.4 is 0 Å². The van der Waals surface area contributed by atoms with Gasteiger partial charge in [0.2, 0.25) is 0 Å². The van der Waals surface area contributed by atoms with Gasteiger partial charge in [-0.1, -0.05) is 19.3 Å². The smallest absolute Gasteiger partial charge is 0.160 e. The molecule has 0 unspecified atom stereocenters. The van der Waals surface area contributed by atoms with E-state index in [1.165, 1.54) is 19.3 Å². The minimum Gasteiger partial charge on any atom is -0.378 e. The van der Waals surface area contributed by atoms with Gasteiger partial charge in [0.1, 0.15) is 0 Å². The summed E-state index contributed by atoms with van der Waals surface area (Å²) in [6.45, 7) is 3.38. The van der Waals surface area contributed by atoms with Gasteiger partial charge in [-0.05, 0) is 18.9 Å². The van der Waals surface area contributed by atoms with E-state index >= 15 is 0 Å². The number of morpholine rings is 1. The first-order chi connectivity index (χ1) is 7.86. The molecule has 2 rings (SSSR count). The zero-order valence-electron chi connectivity index (χ0n) is 9.86. The molecule has 1 aliphatic heterocycles. The molecule has 0 amide bonds. The zero-order valence-corrected chi connectivity index (χ0v) is 9.86. The summed E-state index contributed by atoms with van der Waals surface area (Å²) < 4.78 is 5.26. The summed E-state index contributed by atoms with van der Waals surface area (Å²) in [6.07, 6.45) is 9.67. The van der Waals surface area contributed by atoms with E-state index in [1.807, 2.05) is 6.20 Å². The molecule has 3 nitrogen and oxygen atoms in total. The fourth-order valence-electron chi connectivity index (χ4n) is 2.43. The van der Waals surface area contributed by atoms with Gasteiger partial charge in [-0.3, -0.25) is 4.79 Å². The van der Waals surface area contributed by atoms with Crippen molar-refractivity contribution in [3.63, 3.8) is 0 Å². The molecule has 3 heteroatoms. The Hall–Kier alpha value is -0.830. The number of carbonyl (C=O) groups excluding carboxylic acids is 1. The van der Waals surface area contributed by atoms with E-state index in [0.29, 0.717) is 11.7 Å². The molecule has 1 saturated carbocycles. The number of carbonyl (C=O) groups is 1. The zero-order chi connectivity index (χ0) is 11.2. The Morgan fingerprint density at radius 1 is 1.12 bits per heavy atom. The molecule has 0 aromatic rings. The van der Waals surface area contributed by atoms with Crippen LogP contribution in [0.15, 0.2) is 12.3 Å². The second kappa shape index (κ2) is 6.04. The van der Waals surface area contributed by atoms with E-state index in [2.05, 4.69) is 4.90 Å². The Kier molecular flexibility index (Phi) is 4.40. The van der Waals surface area contributed by atoms with E-state index in [9.17, 15) is 4.79 Å².